The Labute approximate surface area is 243 Å². The van der Waals surface area contributed by atoms with Gasteiger partial charge in [0.05, 0.1) is 39.7 Å². The fourth-order valence-corrected chi connectivity index (χ4v) is 6.02. The molecular formula is C34H30N4O2S. The van der Waals surface area contributed by atoms with Gasteiger partial charge in [0.1, 0.15) is 11.9 Å². The number of fused-ring (bicyclic) bond motifs is 1. The Morgan fingerprint density at radius 1 is 1.07 bits per heavy atom. The molecule has 1 aliphatic heterocycles. The van der Waals surface area contributed by atoms with E-state index in [1.807, 2.05) is 71.3 Å². The monoisotopic (exact) mass is 558 g/mol. The third-order valence-electron chi connectivity index (χ3n) is 7.41. The smallest absolute Gasteiger partial charge is 0.261 e. The second kappa shape index (κ2) is 11.5. The van der Waals surface area contributed by atoms with Gasteiger partial charge in [-0.3, -0.25) is 19.7 Å². The molecule has 1 unspecified atom stereocenters. The standard InChI is InChI=1S/C34H30N4O2S/c1-3-4-9-33-36-29-16-15-25(31-19-30(37-40-31)32-17-10-22(2)41-32)18-28(29)34(39)38(33)21-23-11-13-24(14-12-23)27-8-6-5-7-26(27)20-35/h5-8,10-19,31,37H,3-4,9,21H2,1-2H3. The normalized spacial score (nSPS) is 14.6. The van der Waals surface area contributed by atoms with Crippen LogP contribution in [0.5, 0.6) is 0 Å². The summed E-state index contributed by atoms with van der Waals surface area (Å²) >= 11 is 1.71. The molecule has 6 rings (SSSR count). The lowest BCUT2D eigenvalue weighted by Gasteiger charge is -2.15. The molecule has 41 heavy (non-hydrogen) atoms. The van der Waals surface area contributed by atoms with E-state index < -0.39 is 0 Å². The highest BCUT2D eigenvalue weighted by molar-refractivity contribution is 7.13. The predicted molar refractivity (Wildman–Crippen MR) is 164 cm³/mol. The zero-order valence-electron chi connectivity index (χ0n) is 23.1. The summed E-state index contributed by atoms with van der Waals surface area (Å²) < 4.78 is 1.81. The van der Waals surface area contributed by atoms with Gasteiger partial charge in [0.2, 0.25) is 0 Å². The lowest BCUT2D eigenvalue weighted by atomic mass is 9.99. The molecular weight excluding hydrogens is 528 g/mol. The van der Waals surface area contributed by atoms with Gasteiger partial charge in [0.25, 0.3) is 5.56 Å². The molecule has 1 aliphatic rings. The van der Waals surface area contributed by atoms with Crippen LogP contribution in [0.3, 0.4) is 0 Å². The average Bonchev–Trinajstić information content (AvgIpc) is 3.67. The van der Waals surface area contributed by atoms with Gasteiger partial charge in [0.15, 0.2) is 0 Å². The van der Waals surface area contributed by atoms with E-state index in [0.29, 0.717) is 23.0 Å². The Hall–Kier alpha value is -4.51. The van der Waals surface area contributed by atoms with Crippen LogP contribution in [0.4, 0.5) is 0 Å². The predicted octanol–water partition coefficient (Wildman–Crippen LogP) is 7.31. The minimum absolute atomic E-state index is 0.0501. The van der Waals surface area contributed by atoms with Crippen molar-refractivity contribution in [1.82, 2.24) is 15.0 Å². The Bertz CT molecular complexity index is 1860. The largest absolute Gasteiger partial charge is 0.292 e. The maximum Gasteiger partial charge on any atom is 0.261 e. The van der Waals surface area contributed by atoms with Gasteiger partial charge in [-0.05, 0) is 72.0 Å². The van der Waals surface area contributed by atoms with Crippen LogP contribution in [0.1, 0.15) is 58.1 Å². The molecule has 204 valence electrons. The molecule has 0 spiro atoms. The highest BCUT2D eigenvalue weighted by Gasteiger charge is 2.22. The molecule has 0 radical (unpaired) electrons. The molecule has 0 aliphatic carbocycles. The van der Waals surface area contributed by atoms with Crippen molar-refractivity contribution in [3.8, 4) is 17.2 Å². The van der Waals surface area contributed by atoms with Gasteiger partial charge >= 0.3 is 0 Å². The number of unbranched alkanes of at least 4 members (excludes halogenated alkanes) is 1. The van der Waals surface area contributed by atoms with E-state index in [1.54, 1.807) is 11.3 Å². The average molecular weight is 559 g/mol. The molecule has 0 saturated carbocycles. The summed E-state index contributed by atoms with van der Waals surface area (Å²) in [5, 5.41) is 10.1. The molecule has 5 aromatic rings. The van der Waals surface area contributed by atoms with Crippen LogP contribution in [0.15, 0.2) is 89.7 Å². The van der Waals surface area contributed by atoms with Gasteiger partial charge in [-0.1, -0.05) is 61.9 Å². The van der Waals surface area contributed by atoms with Crippen LogP contribution in [-0.2, 0) is 17.8 Å². The highest BCUT2D eigenvalue weighted by atomic mass is 32.1. The molecule has 3 heterocycles. The zero-order valence-corrected chi connectivity index (χ0v) is 23.9. The van der Waals surface area contributed by atoms with Crippen molar-refractivity contribution in [2.75, 3.05) is 0 Å². The van der Waals surface area contributed by atoms with Crippen molar-refractivity contribution < 1.29 is 4.84 Å². The third-order valence-corrected chi connectivity index (χ3v) is 8.45. The van der Waals surface area contributed by atoms with E-state index in [0.717, 1.165) is 57.9 Å². The summed E-state index contributed by atoms with van der Waals surface area (Å²) in [7, 11) is 0. The second-order valence-electron chi connectivity index (χ2n) is 10.3. The first kappa shape index (κ1) is 26.7. The van der Waals surface area contributed by atoms with Gasteiger partial charge < -0.3 is 0 Å². The minimum atomic E-state index is -0.298. The Morgan fingerprint density at radius 2 is 1.90 bits per heavy atom. The van der Waals surface area contributed by atoms with Crippen molar-refractivity contribution in [1.29, 1.82) is 5.26 Å². The van der Waals surface area contributed by atoms with Crippen molar-refractivity contribution in [2.24, 2.45) is 0 Å². The third kappa shape index (κ3) is 5.45. The van der Waals surface area contributed by atoms with Crippen LogP contribution < -0.4 is 11.0 Å². The molecule has 1 N–H and O–H groups in total. The minimum Gasteiger partial charge on any atom is -0.292 e. The van der Waals surface area contributed by atoms with Crippen molar-refractivity contribution >= 4 is 27.9 Å². The molecule has 1 atom stereocenters. The topological polar surface area (TPSA) is 79.9 Å². The molecule has 7 heteroatoms. The molecule has 3 aromatic carbocycles. The Morgan fingerprint density at radius 3 is 2.66 bits per heavy atom. The van der Waals surface area contributed by atoms with Gasteiger partial charge in [-0.25, -0.2) is 4.98 Å². The summed E-state index contributed by atoms with van der Waals surface area (Å²) in [6, 6.07) is 27.9. The summed E-state index contributed by atoms with van der Waals surface area (Å²) in [6.07, 6.45) is 4.47. The van der Waals surface area contributed by atoms with Crippen molar-refractivity contribution in [3.05, 3.63) is 128 Å². The maximum absolute atomic E-state index is 14.0. The Balaban J connectivity index is 1.34. The van der Waals surface area contributed by atoms with Gasteiger partial charge in [-0.2, -0.15) is 5.26 Å². The molecule has 0 saturated heterocycles. The number of hydrogen-bond acceptors (Lipinski definition) is 6. The number of nitriles is 1. The zero-order chi connectivity index (χ0) is 28.3. The number of rotatable bonds is 8. The van der Waals surface area contributed by atoms with Crippen LogP contribution in [0, 0.1) is 18.3 Å². The summed E-state index contributed by atoms with van der Waals surface area (Å²) in [5.74, 6) is 0.796. The van der Waals surface area contributed by atoms with Crippen LogP contribution in [0.25, 0.3) is 27.7 Å². The summed E-state index contributed by atoms with van der Waals surface area (Å²) in [4.78, 5) is 27.2. The highest BCUT2D eigenvalue weighted by Crippen LogP contribution is 2.32. The van der Waals surface area contributed by atoms with Crippen LogP contribution in [0.2, 0.25) is 0 Å². The van der Waals surface area contributed by atoms with Crippen molar-refractivity contribution in [2.45, 2.75) is 45.8 Å². The van der Waals surface area contributed by atoms with Gasteiger partial charge in [0, 0.05) is 11.3 Å². The number of hydroxylamine groups is 1. The van der Waals surface area contributed by atoms with E-state index in [-0.39, 0.29) is 11.7 Å². The SMILES string of the molecule is CCCCc1nc2ccc(C3C=C(c4ccc(C)s4)NO3)cc2c(=O)n1Cc1ccc(-c2ccccc2C#N)cc1. The number of nitrogens with zero attached hydrogens (tertiary/aromatic N) is 3. The summed E-state index contributed by atoms with van der Waals surface area (Å²) in [6.45, 7) is 4.65. The first-order valence-corrected chi connectivity index (χ1v) is 14.7. The number of aryl methyl sites for hydroxylation is 2. The van der Waals surface area contributed by atoms with E-state index in [1.165, 1.54) is 4.88 Å². The van der Waals surface area contributed by atoms with Gasteiger partial charge in [-0.15, -0.1) is 11.3 Å². The molecule has 6 nitrogen and oxygen atoms in total. The second-order valence-corrected chi connectivity index (χ2v) is 11.6. The molecule has 0 fully saturated rings. The first-order valence-electron chi connectivity index (χ1n) is 13.9. The number of nitrogens with one attached hydrogen (secondary N) is 1. The maximum atomic E-state index is 14.0. The van der Waals surface area contributed by atoms with Crippen LogP contribution in [-0.4, -0.2) is 9.55 Å². The molecule has 0 bridgehead atoms. The number of thiophene rings is 1. The van der Waals surface area contributed by atoms with Crippen LogP contribution >= 0.6 is 11.3 Å². The fourth-order valence-electron chi connectivity index (χ4n) is 5.18. The number of aromatic nitrogens is 2. The van der Waals surface area contributed by atoms with E-state index in [4.69, 9.17) is 9.82 Å². The Kier molecular flexibility index (Phi) is 7.51. The lowest BCUT2D eigenvalue weighted by Crippen LogP contribution is -2.26. The van der Waals surface area contributed by atoms with E-state index in [2.05, 4.69) is 43.6 Å². The fraction of sp³-hybridized carbons (Fsp3) is 0.206. The van der Waals surface area contributed by atoms with E-state index >= 15 is 0 Å². The quantitative estimate of drug-likeness (QED) is 0.216. The molecule has 0 amide bonds. The molecule has 2 aromatic heterocycles. The number of hydrogen-bond donors (Lipinski definition) is 1. The van der Waals surface area contributed by atoms with E-state index in [9.17, 15) is 10.1 Å². The number of benzene rings is 3. The summed E-state index contributed by atoms with van der Waals surface area (Å²) in [5.41, 5.74) is 9.07. The van der Waals surface area contributed by atoms with Crippen molar-refractivity contribution in [3.63, 3.8) is 0 Å². The first-order chi connectivity index (χ1) is 20.0. The lowest BCUT2D eigenvalue weighted by molar-refractivity contribution is 0.0512.